The molecule has 5 aromatic rings. The molecule has 1 N–H and O–H groups in total. The Balaban J connectivity index is 1.34. The van der Waals surface area contributed by atoms with Crippen LogP contribution >= 0.6 is 23.2 Å². The predicted molar refractivity (Wildman–Crippen MR) is 136 cm³/mol. The van der Waals surface area contributed by atoms with Crippen molar-refractivity contribution in [1.82, 2.24) is 4.98 Å². The fourth-order valence-electron chi connectivity index (χ4n) is 3.51. The fourth-order valence-corrected chi connectivity index (χ4v) is 4.03. The molecule has 2 heterocycles. The van der Waals surface area contributed by atoms with E-state index in [9.17, 15) is 4.79 Å². The van der Waals surface area contributed by atoms with Crippen LogP contribution in [0.1, 0.15) is 11.3 Å². The number of amides is 1. The first kappa shape index (κ1) is 22.0. The largest absolute Gasteiger partial charge is 0.457 e. The molecule has 2 aromatic heterocycles. The number of rotatable bonds is 5. The van der Waals surface area contributed by atoms with E-state index in [0.29, 0.717) is 44.0 Å². The number of halogens is 2. The lowest BCUT2D eigenvalue weighted by Crippen LogP contribution is -2.09. The lowest BCUT2D eigenvalue weighted by Gasteiger charge is -2.07. The van der Waals surface area contributed by atoms with Crippen LogP contribution in [0, 0.1) is 6.92 Å². The molecule has 0 atom stereocenters. The molecule has 0 unspecified atom stereocenters. The summed E-state index contributed by atoms with van der Waals surface area (Å²) in [6, 6.07) is 22.3. The number of carbonyl (C=O) groups excluding carboxylic acids is 1. The number of anilines is 1. The number of nitrogens with one attached hydrogen (secondary N) is 1. The Labute approximate surface area is 205 Å². The first-order valence-electron chi connectivity index (χ1n) is 10.5. The highest BCUT2D eigenvalue weighted by Gasteiger charge is 2.14. The third-order valence-electron chi connectivity index (χ3n) is 5.24. The number of nitrogens with zero attached hydrogens (tertiary/aromatic N) is 1. The van der Waals surface area contributed by atoms with Crippen LogP contribution in [0.15, 0.2) is 87.7 Å². The van der Waals surface area contributed by atoms with Crippen LogP contribution in [0.25, 0.3) is 40.0 Å². The number of benzene rings is 3. The maximum absolute atomic E-state index is 12.6. The van der Waals surface area contributed by atoms with Crippen molar-refractivity contribution in [1.29, 1.82) is 0 Å². The van der Waals surface area contributed by atoms with Gasteiger partial charge in [-0.25, -0.2) is 4.98 Å². The van der Waals surface area contributed by atoms with Crippen LogP contribution < -0.4 is 5.32 Å². The first-order chi connectivity index (χ1) is 16.5. The average Bonchev–Trinajstić information content (AvgIpc) is 3.47. The summed E-state index contributed by atoms with van der Waals surface area (Å²) in [6.45, 7) is 1.91. The summed E-state index contributed by atoms with van der Waals surface area (Å²) in [5.41, 5.74) is 4.24. The van der Waals surface area contributed by atoms with Gasteiger partial charge in [0.2, 0.25) is 11.8 Å². The Morgan fingerprint density at radius 1 is 0.941 bits per heavy atom. The number of aromatic nitrogens is 1. The van der Waals surface area contributed by atoms with E-state index in [1.165, 1.54) is 6.08 Å². The van der Waals surface area contributed by atoms with Crippen LogP contribution in [0.3, 0.4) is 0 Å². The van der Waals surface area contributed by atoms with Crippen molar-refractivity contribution in [2.45, 2.75) is 6.92 Å². The Bertz CT molecular complexity index is 1530. The van der Waals surface area contributed by atoms with E-state index in [4.69, 9.17) is 32.0 Å². The quantitative estimate of drug-likeness (QED) is 0.254. The number of aryl methyl sites for hydroxylation is 1. The molecule has 0 radical (unpaired) electrons. The average molecular weight is 489 g/mol. The number of furan rings is 1. The van der Waals surface area contributed by atoms with Crippen molar-refractivity contribution in [2.75, 3.05) is 5.32 Å². The summed E-state index contributed by atoms with van der Waals surface area (Å²) in [5, 5.41) is 3.77. The highest BCUT2D eigenvalue weighted by molar-refractivity contribution is 6.38. The summed E-state index contributed by atoms with van der Waals surface area (Å²) in [5.74, 6) is 1.42. The van der Waals surface area contributed by atoms with E-state index >= 15 is 0 Å². The van der Waals surface area contributed by atoms with E-state index in [-0.39, 0.29) is 5.91 Å². The monoisotopic (exact) mass is 488 g/mol. The van der Waals surface area contributed by atoms with E-state index < -0.39 is 0 Å². The second-order valence-electron chi connectivity index (χ2n) is 7.68. The molecule has 0 spiro atoms. The van der Waals surface area contributed by atoms with Gasteiger partial charge >= 0.3 is 0 Å². The van der Waals surface area contributed by atoms with Gasteiger partial charge in [0.05, 0.1) is 5.02 Å². The Hall–Kier alpha value is -3.80. The zero-order chi connectivity index (χ0) is 23.7. The maximum atomic E-state index is 12.6. The van der Waals surface area contributed by atoms with Crippen LogP contribution in [0.2, 0.25) is 10.0 Å². The second-order valence-corrected chi connectivity index (χ2v) is 8.52. The van der Waals surface area contributed by atoms with Gasteiger partial charge in [0.25, 0.3) is 0 Å². The highest BCUT2D eigenvalue weighted by Crippen LogP contribution is 2.33. The molecule has 0 fully saturated rings. The standard InChI is InChI=1S/C27H18Cl2N2O3/c1-16-7-8-18(27-31-23-15-19(28)14-21(29)26(23)34-27)13-22(16)30-25(32)12-10-20-9-11-24(33-20)17-5-3-2-4-6-17/h2-15H,1H3,(H,30,32)/b12-10-. The van der Waals surface area contributed by atoms with Gasteiger partial charge in [-0.2, -0.15) is 0 Å². The van der Waals surface area contributed by atoms with Gasteiger partial charge in [0.15, 0.2) is 5.58 Å². The zero-order valence-electron chi connectivity index (χ0n) is 18.0. The number of fused-ring (bicyclic) bond motifs is 1. The summed E-state index contributed by atoms with van der Waals surface area (Å²) in [7, 11) is 0. The van der Waals surface area contributed by atoms with E-state index in [0.717, 1.165) is 16.9 Å². The molecular weight excluding hydrogens is 471 g/mol. The van der Waals surface area contributed by atoms with Crippen LogP contribution in [0.4, 0.5) is 5.69 Å². The second kappa shape index (κ2) is 9.21. The molecule has 0 aliphatic heterocycles. The van der Waals surface area contributed by atoms with Crippen molar-refractivity contribution in [3.05, 3.63) is 100 Å². The third kappa shape index (κ3) is 4.62. The van der Waals surface area contributed by atoms with E-state index in [1.54, 1.807) is 18.2 Å². The number of carbonyl (C=O) groups is 1. The topological polar surface area (TPSA) is 68.3 Å². The van der Waals surface area contributed by atoms with Gasteiger partial charge < -0.3 is 14.2 Å². The van der Waals surface area contributed by atoms with Crippen molar-refractivity contribution in [3.8, 4) is 22.8 Å². The van der Waals surface area contributed by atoms with Crippen LogP contribution in [0.5, 0.6) is 0 Å². The predicted octanol–water partition coefficient (Wildman–Crippen LogP) is 8.02. The van der Waals surface area contributed by atoms with Crippen molar-refractivity contribution >= 4 is 52.0 Å². The Kier molecular flexibility index (Phi) is 5.97. The van der Waals surface area contributed by atoms with E-state index in [2.05, 4.69) is 10.3 Å². The molecule has 168 valence electrons. The molecule has 5 nitrogen and oxygen atoms in total. The molecule has 3 aromatic carbocycles. The van der Waals surface area contributed by atoms with Crippen LogP contribution in [-0.4, -0.2) is 10.9 Å². The van der Waals surface area contributed by atoms with Crippen molar-refractivity contribution in [2.24, 2.45) is 0 Å². The maximum Gasteiger partial charge on any atom is 0.248 e. The molecule has 0 bridgehead atoms. The molecule has 0 saturated carbocycles. The molecule has 1 amide bonds. The lowest BCUT2D eigenvalue weighted by atomic mass is 10.1. The van der Waals surface area contributed by atoms with Gasteiger partial charge in [-0.3, -0.25) is 4.79 Å². The van der Waals surface area contributed by atoms with Gasteiger partial charge in [-0.05, 0) is 55.0 Å². The Morgan fingerprint density at radius 3 is 2.59 bits per heavy atom. The van der Waals surface area contributed by atoms with Gasteiger partial charge in [-0.15, -0.1) is 0 Å². The summed E-state index contributed by atoms with van der Waals surface area (Å²) >= 11 is 12.3. The fraction of sp³-hybridized carbons (Fsp3) is 0.0370. The zero-order valence-corrected chi connectivity index (χ0v) is 19.5. The minimum absolute atomic E-state index is 0.287. The van der Waals surface area contributed by atoms with E-state index in [1.807, 2.05) is 67.6 Å². The molecular formula is C27H18Cl2N2O3. The SMILES string of the molecule is Cc1ccc(-c2nc3cc(Cl)cc(Cl)c3o2)cc1NC(=O)/C=C\c1ccc(-c2ccccc2)o1. The first-order valence-corrected chi connectivity index (χ1v) is 11.2. The highest BCUT2D eigenvalue weighted by atomic mass is 35.5. The summed E-state index contributed by atoms with van der Waals surface area (Å²) in [4.78, 5) is 17.1. The van der Waals surface area contributed by atoms with Crippen molar-refractivity contribution in [3.63, 3.8) is 0 Å². The number of hydrogen-bond acceptors (Lipinski definition) is 4. The minimum atomic E-state index is -0.287. The summed E-state index contributed by atoms with van der Waals surface area (Å²) < 4.78 is 11.7. The molecule has 5 rings (SSSR count). The molecule has 7 heteroatoms. The van der Waals surface area contributed by atoms with Gasteiger partial charge in [0.1, 0.15) is 17.0 Å². The van der Waals surface area contributed by atoms with Gasteiger partial charge in [-0.1, -0.05) is 59.6 Å². The third-order valence-corrected chi connectivity index (χ3v) is 5.73. The van der Waals surface area contributed by atoms with Crippen molar-refractivity contribution < 1.29 is 13.6 Å². The Morgan fingerprint density at radius 2 is 1.76 bits per heavy atom. The molecule has 0 aliphatic rings. The molecule has 34 heavy (non-hydrogen) atoms. The smallest absolute Gasteiger partial charge is 0.248 e. The molecule has 0 saturated heterocycles. The lowest BCUT2D eigenvalue weighted by molar-refractivity contribution is -0.111. The van der Waals surface area contributed by atoms with Gasteiger partial charge in [0, 0.05) is 27.9 Å². The summed E-state index contributed by atoms with van der Waals surface area (Å²) in [6.07, 6.45) is 3.06. The number of oxazole rings is 1. The minimum Gasteiger partial charge on any atom is -0.457 e. The van der Waals surface area contributed by atoms with Crippen LogP contribution in [-0.2, 0) is 4.79 Å². The number of hydrogen-bond donors (Lipinski definition) is 1. The normalized spacial score (nSPS) is 11.4. The molecule has 0 aliphatic carbocycles.